The average molecular weight is 304 g/mol. The van der Waals surface area contributed by atoms with Crippen LogP contribution in [0.25, 0.3) is 0 Å². The van der Waals surface area contributed by atoms with Crippen molar-refractivity contribution in [3.63, 3.8) is 0 Å². The zero-order chi connectivity index (χ0) is 12.8. The van der Waals surface area contributed by atoms with Gasteiger partial charge in [0.2, 0.25) is 0 Å². The summed E-state index contributed by atoms with van der Waals surface area (Å²) in [7, 11) is 3.22. The number of nitrogens with one attached hydrogen (secondary N) is 1. The molecule has 17 heavy (non-hydrogen) atoms. The minimum Gasteiger partial charge on any atom is -0.493 e. The Balaban J connectivity index is 2.87. The summed E-state index contributed by atoms with van der Waals surface area (Å²) < 4.78 is 11.5. The van der Waals surface area contributed by atoms with Crippen LogP contribution < -0.4 is 14.8 Å². The molecule has 1 atom stereocenters. The van der Waals surface area contributed by atoms with Crippen molar-refractivity contribution in [3.8, 4) is 11.5 Å². The Bertz CT molecular complexity index is 369. The molecule has 0 heterocycles. The van der Waals surface area contributed by atoms with Crippen LogP contribution in [0.3, 0.4) is 0 Å². The molecule has 2 N–H and O–H groups in total. The van der Waals surface area contributed by atoms with E-state index in [9.17, 15) is 5.11 Å². The molecule has 0 aromatic heterocycles. The third-order valence-corrected chi connectivity index (χ3v) is 3.08. The molecule has 5 heteroatoms. The molecular formula is C12H18BrNO3. The van der Waals surface area contributed by atoms with Crippen molar-refractivity contribution in [1.82, 2.24) is 5.32 Å². The number of halogens is 1. The number of hydrogen-bond donors (Lipinski definition) is 2. The Labute approximate surface area is 110 Å². The first-order chi connectivity index (χ1) is 8.10. The molecule has 0 spiro atoms. The summed E-state index contributed by atoms with van der Waals surface area (Å²) >= 11 is 3.48. The highest BCUT2D eigenvalue weighted by Crippen LogP contribution is 2.35. The number of methoxy groups -OCH3 is 2. The van der Waals surface area contributed by atoms with E-state index in [2.05, 4.69) is 21.2 Å². The quantitative estimate of drug-likeness (QED) is 0.843. The van der Waals surface area contributed by atoms with Crippen LogP contribution >= 0.6 is 15.9 Å². The van der Waals surface area contributed by atoms with Crippen molar-refractivity contribution in [2.75, 3.05) is 20.8 Å². The SMILES string of the molecule is COc1ccc(Br)c(CNCC(C)O)c1OC. The van der Waals surface area contributed by atoms with Crippen molar-refractivity contribution in [1.29, 1.82) is 0 Å². The highest BCUT2D eigenvalue weighted by molar-refractivity contribution is 9.10. The van der Waals surface area contributed by atoms with Crippen molar-refractivity contribution < 1.29 is 14.6 Å². The zero-order valence-electron chi connectivity index (χ0n) is 10.3. The number of ether oxygens (including phenoxy) is 2. The normalized spacial score (nSPS) is 12.3. The summed E-state index contributed by atoms with van der Waals surface area (Å²) in [5.74, 6) is 1.41. The molecule has 1 aromatic rings. The van der Waals surface area contributed by atoms with Crippen LogP contribution in [0.1, 0.15) is 12.5 Å². The maximum atomic E-state index is 9.20. The smallest absolute Gasteiger partial charge is 0.166 e. The molecule has 1 aromatic carbocycles. The van der Waals surface area contributed by atoms with Crippen LogP contribution in [-0.4, -0.2) is 32.0 Å². The monoisotopic (exact) mass is 303 g/mol. The molecule has 0 radical (unpaired) electrons. The molecule has 0 fully saturated rings. The third-order valence-electron chi connectivity index (χ3n) is 2.33. The summed E-state index contributed by atoms with van der Waals surface area (Å²) in [6, 6.07) is 3.77. The molecule has 0 saturated heterocycles. The summed E-state index contributed by atoms with van der Waals surface area (Å²) in [4.78, 5) is 0. The Hall–Kier alpha value is -0.780. The van der Waals surface area contributed by atoms with Gasteiger partial charge in [0.15, 0.2) is 11.5 Å². The Morgan fingerprint density at radius 3 is 2.59 bits per heavy atom. The first-order valence-electron chi connectivity index (χ1n) is 5.38. The fraction of sp³-hybridized carbons (Fsp3) is 0.500. The van der Waals surface area contributed by atoms with Gasteiger partial charge < -0.3 is 19.9 Å². The van der Waals surface area contributed by atoms with E-state index >= 15 is 0 Å². The fourth-order valence-electron chi connectivity index (χ4n) is 1.54. The maximum Gasteiger partial charge on any atom is 0.166 e. The maximum absolute atomic E-state index is 9.20. The van der Waals surface area contributed by atoms with Gasteiger partial charge in [0, 0.05) is 23.1 Å². The lowest BCUT2D eigenvalue weighted by atomic mass is 10.2. The van der Waals surface area contributed by atoms with E-state index in [1.165, 1.54) is 0 Å². The average Bonchev–Trinajstić information content (AvgIpc) is 2.30. The predicted molar refractivity (Wildman–Crippen MR) is 70.6 cm³/mol. The van der Waals surface area contributed by atoms with E-state index in [4.69, 9.17) is 9.47 Å². The van der Waals surface area contributed by atoms with Gasteiger partial charge in [-0.05, 0) is 19.1 Å². The van der Waals surface area contributed by atoms with E-state index in [1.54, 1.807) is 21.1 Å². The highest BCUT2D eigenvalue weighted by Gasteiger charge is 2.13. The Kier molecular flexibility index (Phi) is 5.74. The molecular weight excluding hydrogens is 286 g/mol. The first kappa shape index (κ1) is 14.3. The fourth-order valence-corrected chi connectivity index (χ4v) is 1.99. The number of rotatable bonds is 6. The van der Waals surface area contributed by atoms with Crippen LogP contribution in [0.4, 0.5) is 0 Å². The third kappa shape index (κ3) is 3.87. The van der Waals surface area contributed by atoms with Gasteiger partial charge in [0.25, 0.3) is 0 Å². The molecule has 96 valence electrons. The molecule has 0 aliphatic carbocycles. The standard InChI is InChI=1S/C12H18BrNO3/c1-8(15)6-14-7-9-10(13)4-5-11(16-2)12(9)17-3/h4-5,8,14-15H,6-7H2,1-3H3. The summed E-state index contributed by atoms with van der Waals surface area (Å²) in [6.45, 7) is 2.88. The van der Waals surface area contributed by atoms with Crippen LogP contribution in [0.5, 0.6) is 11.5 Å². The second kappa shape index (κ2) is 6.83. The molecule has 4 nitrogen and oxygen atoms in total. The minimum atomic E-state index is -0.370. The molecule has 0 bridgehead atoms. The van der Waals surface area contributed by atoms with Crippen LogP contribution in [0.2, 0.25) is 0 Å². The molecule has 1 unspecified atom stereocenters. The zero-order valence-corrected chi connectivity index (χ0v) is 11.9. The highest BCUT2D eigenvalue weighted by atomic mass is 79.9. The predicted octanol–water partition coefficient (Wildman–Crippen LogP) is 1.94. The lowest BCUT2D eigenvalue weighted by Crippen LogP contribution is -2.24. The lowest BCUT2D eigenvalue weighted by Gasteiger charge is -2.15. The van der Waals surface area contributed by atoms with E-state index in [0.717, 1.165) is 10.0 Å². The Morgan fingerprint density at radius 2 is 2.06 bits per heavy atom. The van der Waals surface area contributed by atoms with Gasteiger partial charge in [-0.15, -0.1) is 0 Å². The van der Waals surface area contributed by atoms with Gasteiger partial charge >= 0.3 is 0 Å². The van der Waals surface area contributed by atoms with Crippen molar-refractivity contribution in [2.24, 2.45) is 0 Å². The second-order valence-corrected chi connectivity index (χ2v) is 4.60. The number of hydrogen-bond acceptors (Lipinski definition) is 4. The van der Waals surface area contributed by atoms with Gasteiger partial charge in [-0.1, -0.05) is 15.9 Å². The molecule has 0 amide bonds. The second-order valence-electron chi connectivity index (χ2n) is 3.74. The van der Waals surface area contributed by atoms with Gasteiger partial charge in [-0.3, -0.25) is 0 Å². The lowest BCUT2D eigenvalue weighted by molar-refractivity contribution is 0.190. The molecule has 0 aliphatic rings. The molecule has 1 rings (SSSR count). The summed E-state index contributed by atoms with van der Waals surface area (Å²) in [5.41, 5.74) is 0.979. The van der Waals surface area contributed by atoms with Gasteiger partial charge in [-0.25, -0.2) is 0 Å². The van der Waals surface area contributed by atoms with E-state index < -0.39 is 0 Å². The van der Waals surface area contributed by atoms with Gasteiger partial charge in [-0.2, -0.15) is 0 Å². The topological polar surface area (TPSA) is 50.7 Å². The van der Waals surface area contributed by atoms with E-state index in [-0.39, 0.29) is 6.10 Å². The Morgan fingerprint density at radius 1 is 1.35 bits per heavy atom. The molecule has 0 aliphatic heterocycles. The van der Waals surface area contributed by atoms with E-state index in [1.807, 2.05) is 12.1 Å². The number of benzene rings is 1. The van der Waals surface area contributed by atoms with Crippen molar-refractivity contribution >= 4 is 15.9 Å². The molecule has 0 saturated carbocycles. The number of aliphatic hydroxyl groups is 1. The number of aliphatic hydroxyl groups excluding tert-OH is 1. The van der Waals surface area contributed by atoms with E-state index in [0.29, 0.717) is 24.6 Å². The van der Waals surface area contributed by atoms with Crippen LogP contribution in [0, 0.1) is 0 Å². The van der Waals surface area contributed by atoms with Gasteiger partial charge in [0.05, 0.1) is 20.3 Å². The summed E-state index contributed by atoms with van der Waals surface area (Å²) in [5, 5.41) is 12.3. The van der Waals surface area contributed by atoms with Crippen LogP contribution in [-0.2, 0) is 6.54 Å². The van der Waals surface area contributed by atoms with Crippen molar-refractivity contribution in [2.45, 2.75) is 19.6 Å². The van der Waals surface area contributed by atoms with Crippen molar-refractivity contribution in [3.05, 3.63) is 22.2 Å². The summed E-state index contributed by atoms with van der Waals surface area (Å²) in [6.07, 6.45) is -0.370. The van der Waals surface area contributed by atoms with Gasteiger partial charge in [0.1, 0.15) is 0 Å². The van der Waals surface area contributed by atoms with Crippen LogP contribution in [0.15, 0.2) is 16.6 Å². The largest absolute Gasteiger partial charge is 0.493 e. The first-order valence-corrected chi connectivity index (χ1v) is 6.17. The minimum absolute atomic E-state index is 0.370.